The molecular weight excluding hydrogens is 520 g/mol. The Morgan fingerprint density at radius 1 is 0.878 bits per heavy atom. The molecule has 0 radical (unpaired) electrons. The van der Waals surface area contributed by atoms with Gasteiger partial charge in [0, 0.05) is 45.2 Å². The molecular formula is C32H36N4O5. The molecule has 1 N–H and O–H groups in total. The number of nitrogens with one attached hydrogen (secondary N) is 1. The number of rotatable bonds is 7. The lowest BCUT2D eigenvalue weighted by Gasteiger charge is -2.48. The molecule has 4 saturated heterocycles. The average Bonchev–Trinajstić information content (AvgIpc) is 3.40. The Hall–Kier alpha value is -3.40. The van der Waals surface area contributed by atoms with Gasteiger partial charge >= 0.3 is 0 Å². The number of aryl methyl sites for hydroxylation is 3. The van der Waals surface area contributed by atoms with E-state index in [-0.39, 0.29) is 18.7 Å². The average molecular weight is 557 g/mol. The third-order valence-electron chi connectivity index (χ3n) is 9.56. The maximum Gasteiger partial charge on any atom is 0.262 e. The first-order valence-electron chi connectivity index (χ1n) is 14.9. The van der Waals surface area contributed by atoms with Crippen molar-refractivity contribution < 1.29 is 23.9 Å². The molecule has 4 fully saturated rings. The Labute approximate surface area is 239 Å². The Morgan fingerprint density at radius 3 is 2.39 bits per heavy atom. The van der Waals surface area contributed by atoms with E-state index in [1.165, 1.54) is 29.5 Å². The molecule has 0 saturated carbocycles. The Bertz CT molecular complexity index is 1420. The molecule has 3 unspecified atom stereocenters. The van der Waals surface area contributed by atoms with Crippen molar-refractivity contribution in [3.63, 3.8) is 0 Å². The van der Waals surface area contributed by atoms with Crippen LogP contribution in [-0.2, 0) is 33.7 Å². The van der Waals surface area contributed by atoms with Crippen molar-refractivity contribution in [2.75, 3.05) is 26.2 Å². The third-order valence-corrected chi connectivity index (χ3v) is 9.56. The van der Waals surface area contributed by atoms with Crippen LogP contribution in [-0.4, -0.2) is 88.8 Å². The summed E-state index contributed by atoms with van der Waals surface area (Å²) in [7, 11) is 0. The van der Waals surface area contributed by atoms with Crippen molar-refractivity contribution >= 4 is 23.6 Å². The second kappa shape index (κ2) is 10.5. The molecule has 0 aromatic heterocycles. The van der Waals surface area contributed by atoms with E-state index >= 15 is 0 Å². The van der Waals surface area contributed by atoms with E-state index in [1.54, 1.807) is 12.1 Å². The summed E-state index contributed by atoms with van der Waals surface area (Å²) in [5.74, 6) is -1.87. The molecule has 2 aromatic carbocycles. The smallest absolute Gasteiger partial charge is 0.262 e. The molecule has 7 rings (SSSR count). The van der Waals surface area contributed by atoms with Crippen LogP contribution in [0.2, 0.25) is 0 Å². The number of fused-ring (bicyclic) bond motifs is 3. The lowest BCUT2D eigenvalue weighted by Crippen LogP contribution is -2.62. The largest absolute Gasteiger partial charge is 0.372 e. The van der Waals surface area contributed by atoms with Gasteiger partial charge in [-0.3, -0.25) is 39.2 Å². The Balaban J connectivity index is 0.970. The highest BCUT2D eigenvalue weighted by molar-refractivity contribution is 6.24. The maximum atomic E-state index is 13.4. The molecule has 3 atom stereocenters. The molecule has 5 aliphatic rings. The van der Waals surface area contributed by atoms with Crippen molar-refractivity contribution in [2.45, 2.75) is 76.3 Å². The van der Waals surface area contributed by atoms with E-state index in [1.807, 2.05) is 6.07 Å². The quantitative estimate of drug-likeness (QED) is 0.523. The summed E-state index contributed by atoms with van der Waals surface area (Å²) >= 11 is 0. The molecule has 9 nitrogen and oxygen atoms in total. The van der Waals surface area contributed by atoms with E-state index in [2.05, 4.69) is 40.2 Å². The number of amides is 4. The number of imide groups is 2. The van der Waals surface area contributed by atoms with E-state index in [4.69, 9.17) is 4.74 Å². The number of carbonyl (C=O) groups excluding carboxylic acids is 4. The van der Waals surface area contributed by atoms with Crippen LogP contribution in [0.3, 0.4) is 0 Å². The van der Waals surface area contributed by atoms with Crippen molar-refractivity contribution in [1.29, 1.82) is 0 Å². The van der Waals surface area contributed by atoms with Crippen molar-refractivity contribution in [3.05, 3.63) is 69.8 Å². The van der Waals surface area contributed by atoms with Gasteiger partial charge in [0.05, 0.1) is 23.3 Å². The summed E-state index contributed by atoms with van der Waals surface area (Å²) in [4.78, 5) is 56.7. The molecule has 5 aliphatic heterocycles. The van der Waals surface area contributed by atoms with Crippen LogP contribution >= 0.6 is 0 Å². The summed E-state index contributed by atoms with van der Waals surface area (Å²) in [5, 5.41) is 2.25. The number of likely N-dealkylation sites (tertiary alicyclic amines) is 2. The molecule has 2 aromatic rings. The summed E-state index contributed by atoms with van der Waals surface area (Å²) in [6, 6.07) is 11.7. The number of ether oxygens (including phenoxy) is 1. The zero-order valence-corrected chi connectivity index (χ0v) is 23.4. The van der Waals surface area contributed by atoms with Crippen LogP contribution in [0.4, 0.5) is 0 Å². The topological polar surface area (TPSA) is 99.3 Å². The monoisotopic (exact) mass is 556 g/mol. The number of hydrogen-bond donors (Lipinski definition) is 1. The van der Waals surface area contributed by atoms with E-state index in [9.17, 15) is 19.2 Å². The van der Waals surface area contributed by atoms with Gasteiger partial charge < -0.3 is 4.74 Å². The fourth-order valence-corrected chi connectivity index (χ4v) is 7.25. The predicted octanol–water partition coefficient (Wildman–Crippen LogP) is 2.23. The first-order chi connectivity index (χ1) is 19.8. The maximum absolute atomic E-state index is 13.4. The van der Waals surface area contributed by atoms with Gasteiger partial charge in [0.1, 0.15) is 6.04 Å². The van der Waals surface area contributed by atoms with Crippen molar-refractivity contribution in [3.8, 4) is 0 Å². The molecule has 0 spiro atoms. The SMILES string of the molecule is Cc1cc(CCc2cccc3c2C(=O)N(C2CCC(=O)NC2=O)C3=O)ccc1CN1CC(N2CC3CCC(C2)O3)C1. The van der Waals surface area contributed by atoms with E-state index in [0.29, 0.717) is 35.8 Å². The van der Waals surface area contributed by atoms with Crippen molar-refractivity contribution in [2.24, 2.45) is 0 Å². The normalized spacial score (nSPS) is 26.9. The molecule has 214 valence electrons. The summed E-state index contributed by atoms with van der Waals surface area (Å²) in [6.07, 6.45) is 4.93. The number of piperidine rings is 1. The highest BCUT2D eigenvalue weighted by Crippen LogP contribution is 2.32. The minimum absolute atomic E-state index is 0.110. The van der Waals surface area contributed by atoms with E-state index < -0.39 is 23.8 Å². The highest BCUT2D eigenvalue weighted by atomic mass is 16.5. The Kier molecular flexibility index (Phi) is 6.76. The molecule has 41 heavy (non-hydrogen) atoms. The second-order valence-electron chi connectivity index (χ2n) is 12.3. The zero-order valence-electron chi connectivity index (χ0n) is 23.4. The van der Waals surface area contributed by atoms with Gasteiger partial charge in [-0.1, -0.05) is 30.3 Å². The predicted molar refractivity (Wildman–Crippen MR) is 150 cm³/mol. The van der Waals surface area contributed by atoms with Crippen LogP contribution < -0.4 is 5.32 Å². The van der Waals surface area contributed by atoms with Crippen LogP contribution in [0.15, 0.2) is 36.4 Å². The van der Waals surface area contributed by atoms with Gasteiger partial charge in [-0.15, -0.1) is 0 Å². The number of nitrogens with zero attached hydrogens (tertiary/aromatic N) is 3. The summed E-state index contributed by atoms with van der Waals surface area (Å²) < 4.78 is 6.00. The fraction of sp³-hybridized carbons (Fsp3) is 0.500. The number of morpholine rings is 1. The van der Waals surface area contributed by atoms with Gasteiger partial charge in [0.15, 0.2) is 0 Å². The van der Waals surface area contributed by atoms with Crippen molar-refractivity contribution in [1.82, 2.24) is 20.0 Å². The van der Waals surface area contributed by atoms with Crippen LogP contribution in [0.1, 0.15) is 68.7 Å². The zero-order chi connectivity index (χ0) is 28.2. The standard InChI is InChI=1S/C32H36N4O5/c1-19-13-20(6-8-22(19)14-34-15-23(16-34)35-17-24-9-10-25(18-35)41-24)5-7-21-3-2-4-26-29(21)32(40)36(31(26)39)27-11-12-28(37)33-30(27)38/h2-4,6,8,13,23-25,27H,5,7,9-12,14-18H2,1H3,(H,33,37,38). The summed E-state index contributed by atoms with van der Waals surface area (Å²) in [5.41, 5.74) is 5.32. The van der Waals surface area contributed by atoms with E-state index in [0.717, 1.165) is 49.6 Å². The first-order valence-corrected chi connectivity index (χ1v) is 14.9. The first kappa shape index (κ1) is 26.5. The van der Waals surface area contributed by atoms with Gasteiger partial charge in [-0.2, -0.15) is 0 Å². The molecule has 2 bridgehead atoms. The van der Waals surface area contributed by atoms with Gasteiger partial charge in [0.2, 0.25) is 11.8 Å². The van der Waals surface area contributed by atoms with Crippen LogP contribution in [0.5, 0.6) is 0 Å². The minimum Gasteiger partial charge on any atom is -0.372 e. The number of benzene rings is 2. The van der Waals surface area contributed by atoms with Gasteiger partial charge in [-0.25, -0.2) is 0 Å². The Morgan fingerprint density at radius 2 is 1.66 bits per heavy atom. The molecule has 4 amide bonds. The number of hydrogen-bond acceptors (Lipinski definition) is 7. The second-order valence-corrected chi connectivity index (χ2v) is 12.3. The van der Waals surface area contributed by atoms with Crippen LogP contribution in [0.25, 0.3) is 0 Å². The lowest BCUT2D eigenvalue weighted by atomic mass is 9.95. The number of carbonyl (C=O) groups is 4. The van der Waals surface area contributed by atoms with Gasteiger partial charge in [0.25, 0.3) is 11.8 Å². The van der Waals surface area contributed by atoms with Crippen LogP contribution in [0, 0.1) is 6.92 Å². The minimum atomic E-state index is -0.950. The lowest BCUT2D eigenvalue weighted by molar-refractivity contribution is -0.136. The fourth-order valence-electron chi connectivity index (χ4n) is 7.25. The molecule has 5 heterocycles. The highest BCUT2D eigenvalue weighted by Gasteiger charge is 2.45. The molecule has 0 aliphatic carbocycles. The van der Waals surface area contributed by atoms with Gasteiger partial charge in [-0.05, 0) is 67.3 Å². The molecule has 9 heteroatoms. The third kappa shape index (κ3) is 4.90. The summed E-state index contributed by atoms with van der Waals surface area (Å²) in [6.45, 7) is 7.52.